The number of rotatable bonds is 12. The van der Waals surface area contributed by atoms with Crippen LogP contribution in [0.15, 0.2) is 45.6 Å². The molecule has 36 nitrogen and oxygen atoms in total. The number of phosphoric ester groups is 3. The summed E-state index contributed by atoms with van der Waals surface area (Å²) in [5, 5.41) is 59.7. The van der Waals surface area contributed by atoms with Crippen molar-refractivity contribution < 1.29 is 101 Å². The molecular formula is C29H41N12O24P3. The van der Waals surface area contributed by atoms with Crippen molar-refractivity contribution in [3.63, 3.8) is 0 Å². The lowest BCUT2D eigenvalue weighted by Gasteiger charge is -2.16. The van der Waals surface area contributed by atoms with Crippen molar-refractivity contribution in [1.82, 2.24) is 48.6 Å². The zero-order chi connectivity index (χ0) is 50.2. The molecule has 5 aromatic heterocycles. The lowest BCUT2D eigenvalue weighted by atomic mass is 10.1. The third-order valence-corrected chi connectivity index (χ3v) is 11.2. The largest absolute Gasteiger partial charge is 0.469 e. The monoisotopic (exact) mass is 1030 g/mol. The molecule has 0 spiro atoms. The van der Waals surface area contributed by atoms with Gasteiger partial charge < -0.3 is 85.7 Å². The Hall–Kier alpha value is -4.85. The Kier molecular flexibility index (Phi) is 15.9. The maximum absolute atomic E-state index is 11.7. The summed E-state index contributed by atoms with van der Waals surface area (Å²) in [5.41, 5.74) is 9.58. The number of nitrogen functional groups attached to an aromatic ring is 2. The minimum absolute atomic E-state index is 0.0176. The van der Waals surface area contributed by atoms with E-state index in [4.69, 9.17) is 55.0 Å². The second-order valence-corrected chi connectivity index (χ2v) is 18.1. The number of imidazole rings is 2. The fourth-order valence-electron chi connectivity index (χ4n) is 6.61. The fourth-order valence-corrected chi connectivity index (χ4v) is 7.64. The smallest absolute Gasteiger partial charge is 0.387 e. The Bertz CT molecular complexity index is 2900. The number of aromatic nitrogens is 10. The summed E-state index contributed by atoms with van der Waals surface area (Å²) in [6.07, 6.45) is -11.3. The summed E-state index contributed by atoms with van der Waals surface area (Å²) in [7, 11) is -14.2. The molecule has 0 saturated carbocycles. The molecule has 3 aliphatic heterocycles. The molecule has 39 heteroatoms. The number of aliphatic hydroxyl groups is 6. The summed E-state index contributed by atoms with van der Waals surface area (Å²) in [4.78, 5) is 110. The van der Waals surface area contributed by atoms with Crippen LogP contribution in [0.5, 0.6) is 0 Å². The van der Waals surface area contributed by atoms with Crippen LogP contribution in [0.25, 0.3) is 22.3 Å². The van der Waals surface area contributed by atoms with Gasteiger partial charge in [0.25, 0.3) is 11.1 Å². The molecule has 3 aliphatic rings. The zero-order valence-electron chi connectivity index (χ0n) is 33.8. The molecule has 8 rings (SSSR count). The highest BCUT2D eigenvalue weighted by molar-refractivity contribution is 7.46. The predicted molar refractivity (Wildman–Crippen MR) is 215 cm³/mol. The molecular weight excluding hydrogens is 993 g/mol. The van der Waals surface area contributed by atoms with Crippen LogP contribution in [0.4, 0.5) is 11.8 Å². The Balaban J connectivity index is 0.000000168. The molecule has 18 N–H and O–H groups in total. The standard InChI is InChI=1S/C10H14N5O8P.C10H14N5O7P.C9H13N2O9P/c11-10-13-7-4(8(18)14-10)12-2-15(7)9-6(17)5(16)3(23-9)1-22-24(19,20)21;11-8-5-9(13-2-12-8)15(3-14-5)10-7(17)6(16)4(22-10)1-21-23(18,19)20;12-5-1-2-11(9(15)10-5)8-7(14)6(13)4(20-8)3-19-21(16,17)18/h2-3,5-6,9,16-17H,1H2,(H2,19,20,21)(H3,11,13,14,18);2-4,6-7,10,16-17H,1H2,(H2,11,12,13)(H2,18,19,20);1-2,4,6-8,13-14H,3H2,(H,10,12,15)(H2,16,17,18)/t3-,5-,6-,9-;4-,6-,7-,10-;4-,6-,7-,8-/m111/s1. The van der Waals surface area contributed by atoms with Crippen LogP contribution < -0.4 is 28.3 Å². The van der Waals surface area contributed by atoms with Crippen LogP contribution in [0, 0.1) is 0 Å². The lowest BCUT2D eigenvalue weighted by Crippen LogP contribution is -2.37. The SMILES string of the molecule is Nc1nc2c(ncn2[C@@H]2O[C@H](COP(=O)(O)O)[C@@H](O)[C@H]2O)c(=O)[nH]1.Nc1ncnc2c1ncn2[C@@H]1O[C@H](COP(=O)(O)O)[C@@H](O)[C@H]1O.O=c1ccn([C@@H]2O[C@H](COP(=O)(O)O)[C@@H](O)[C@H]2O)c(=O)[nH]1. The molecule has 3 saturated heterocycles. The summed E-state index contributed by atoms with van der Waals surface area (Å²) in [6.45, 7) is -1.93. The van der Waals surface area contributed by atoms with E-state index in [9.17, 15) is 58.7 Å². The van der Waals surface area contributed by atoms with E-state index in [1.165, 1.54) is 28.1 Å². The van der Waals surface area contributed by atoms with E-state index in [1.807, 2.05) is 4.98 Å². The molecule has 0 bridgehead atoms. The molecule has 12 atom stereocenters. The van der Waals surface area contributed by atoms with Crippen LogP contribution in [0.3, 0.4) is 0 Å². The second kappa shape index (κ2) is 20.6. The third kappa shape index (κ3) is 12.3. The van der Waals surface area contributed by atoms with Gasteiger partial charge in [-0.25, -0.2) is 38.4 Å². The highest BCUT2D eigenvalue weighted by Gasteiger charge is 2.47. The Morgan fingerprint density at radius 1 is 0.588 bits per heavy atom. The van der Waals surface area contributed by atoms with E-state index >= 15 is 0 Å². The molecule has 0 amide bonds. The fraction of sp³-hybridized carbons (Fsp3) is 0.517. The number of hydrogen-bond donors (Lipinski definition) is 16. The van der Waals surface area contributed by atoms with Gasteiger partial charge in [-0.05, 0) is 0 Å². The molecule has 0 aliphatic carbocycles. The van der Waals surface area contributed by atoms with Crippen LogP contribution in [-0.2, 0) is 41.5 Å². The number of phosphoric acid groups is 3. The van der Waals surface area contributed by atoms with Gasteiger partial charge in [0, 0.05) is 12.3 Å². The quantitative estimate of drug-likeness (QED) is 0.0516. The average Bonchev–Trinajstić information content (AvgIpc) is 4.05. The first-order valence-electron chi connectivity index (χ1n) is 18.8. The second-order valence-electron chi connectivity index (χ2n) is 14.4. The van der Waals surface area contributed by atoms with Gasteiger partial charge in [0.2, 0.25) is 5.95 Å². The highest BCUT2D eigenvalue weighted by Crippen LogP contribution is 2.41. The first-order valence-corrected chi connectivity index (χ1v) is 23.3. The maximum Gasteiger partial charge on any atom is 0.469 e. The van der Waals surface area contributed by atoms with Crippen molar-refractivity contribution in [3.05, 3.63) is 62.4 Å². The third-order valence-electron chi connectivity index (χ3n) is 9.74. The summed E-state index contributed by atoms with van der Waals surface area (Å²) >= 11 is 0. The van der Waals surface area contributed by atoms with Crippen LogP contribution >= 0.6 is 23.5 Å². The first-order chi connectivity index (χ1) is 31.6. The number of fused-ring (bicyclic) bond motifs is 2. The summed E-state index contributed by atoms with van der Waals surface area (Å²) < 4.78 is 64.2. The minimum Gasteiger partial charge on any atom is -0.387 e. The van der Waals surface area contributed by atoms with Crippen LogP contribution in [-0.4, -0.2) is 183 Å². The van der Waals surface area contributed by atoms with E-state index in [0.717, 1.165) is 16.8 Å². The van der Waals surface area contributed by atoms with Crippen molar-refractivity contribution in [2.75, 3.05) is 31.3 Å². The van der Waals surface area contributed by atoms with Gasteiger partial charge >= 0.3 is 29.2 Å². The van der Waals surface area contributed by atoms with Gasteiger partial charge in [-0.15, -0.1) is 0 Å². The molecule has 0 radical (unpaired) electrons. The van der Waals surface area contributed by atoms with Crippen LogP contribution in [0.1, 0.15) is 18.7 Å². The number of anilines is 2. The molecule has 5 aromatic rings. The minimum atomic E-state index is -4.76. The molecule has 376 valence electrons. The van der Waals surface area contributed by atoms with Crippen molar-refractivity contribution >= 4 is 57.6 Å². The van der Waals surface area contributed by atoms with E-state index in [-0.39, 0.29) is 28.6 Å². The normalized spacial score (nSPS) is 28.6. The summed E-state index contributed by atoms with van der Waals surface area (Å²) in [5.74, 6) is -0.0353. The van der Waals surface area contributed by atoms with Crippen molar-refractivity contribution in [2.45, 2.75) is 73.6 Å². The Labute approximate surface area is 374 Å². The van der Waals surface area contributed by atoms with Gasteiger partial charge in [0.05, 0.1) is 32.5 Å². The Morgan fingerprint density at radius 3 is 1.46 bits per heavy atom. The Morgan fingerprint density at radius 2 is 1.01 bits per heavy atom. The van der Waals surface area contributed by atoms with E-state index in [2.05, 4.69) is 43.5 Å². The molecule has 8 heterocycles. The van der Waals surface area contributed by atoms with Crippen molar-refractivity contribution in [3.8, 4) is 0 Å². The number of aliphatic hydroxyl groups excluding tert-OH is 6. The van der Waals surface area contributed by atoms with Crippen molar-refractivity contribution in [1.29, 1.82) is 0 Å². The van der Waals surface area contributed by atoms with Crippen molar-refractivity contribution in [2.24, 2.45) is 0 Å². The van der Waals surface area contributed by atoms with E-state index in [1.54, 1.807) is 0 Å². The maximum atomic E-state index is 11.7. The number of H-pyrrole nitrogens is 2. The zero-order valence-corrected chi connectivity index (χ0v) is 36.5. The number of nitrogens with zero attached hydrogens (tertiary/aromatic N) is 8. The first kappa shape index (κ1) is 52.5. The van der Waals surface area contributed by atoms with Gasteiger partial charge in [-0.3, -0.25) is 46.8 Å². The molecule has 3 fully saturated rings. The highest BCUT2D eigenvalue weighted by atomic mass is 31.2. The van der Waals surface area contributed by atoms with Gasteiger partial charge in [0.1, 0.15) is 66.8 Å². The van der Waals surface area contributed by atoms with E-state index < -0.39 is 134 Å². The number of nitrogens with one attached hydrogen (secondary N) is 2. The topological polar surface area (TPSA) is 563 Å². The van der Waals surface area contributed by atoms with Crippen LogP contribution in [0.2, 0.25) is 0 Å². The predicted octanol–water partition coefficient (Wildman–Crippen LogP) is -7.17. The number of hydrogen-bond acceptors (Lipinski definition) is 25. The number of nitrogens with two attached hydrogens (primary N) is 2. The van der Waals surface area contributed by atoms with Gasteiger partial charge in [-0.2, -0.15) is 4.98 Å². The van der Waals surface area contributed by atoms with Gasteiger partial charge in [0.15, 0.2) is 41.3 Å². The number of ether oxygens (including phenoxy) is 3. The molecule has 68 heavy (non-hydrogen) atoms. The number of aromatic amines is 2. The summed E-state index contributed by atoms with van der Waals surface area (Å²) in [6, 6.07) is 1.02. The van der Waals surface area contributed by atoms with Gasteiger partial charge in [-0.1, -0.05) is 0 Å². The lowest BCUT2D eigenvalue weighted by molar-refractivity contribution is -0.0543. The average molecular weight is 1030 g/mol. The molecule has 0 unspecified atom stereocenters. The van der Waals surface area contributed by atoms with E-state index in [0.29, 0.717) is 5.52 Å². The molecule has 0 aromatic carbocycles.